The van der Waals surface area contributed by atoms with Gasteiger partial charge in [-0.2, -0.15) is 9.29 Å². The number of hydrogen-bond acceptors (Lipinski definition) is 7. The Balaban J connectivity index is 1.54. The van der Waals surface area contributed by atoms with Gasteiger partial charge in [0.05, 0.1) is 18.1 Å². The summed E-state index contributed by atoms with van der Waals surface area (Å²) in [4.78, 5) is 16.9. The van der Waals surface area contributed by atoms with Gasteiger partial charge in [0.1, 0.15) is 10.6 Å². The van der Waals surface area contributed by atoms with Gasteiger partial charge in [0.2, 0.25) is 27.6 Å². The fourth-order valence-corrected chi connectivity index (χ4v) is 5.74. The number of hydrogen-bond donors (Lipinski definition) is 1. The predicted octanol–water partition coefficient (Wildman–Crippen LogP) is 3.75. The van der Waals surface area contributed by atoms with Gasteiger partial charge >= 0.3 is 0 Å². The highest BCUT2D eigenvalue weighted by molar-refractivity contribution is 7.89. The van der Waals surface area contributed by atoms with Gasteiger partial charge in [-0.3, -0.25) is 4.79 Å². The molecule has 3 aromatic rings. The summed E-state index contributed by atoms with van der Waals surface area (Å²) < 4.78 is 38.3. The molecular formula is C22H23ClN4O5S. The summed E-state index contributed by atoms with van der Waals surface area (Å²) in [6, 6.07) is 11.6. The number of nitrogens with one attached hydrogen (secondary N) is 1. The second-order valence-electron chi connectivity index (χ2n) is 7.71. The first-order valence-electron chi connectivity index (χ1n) is 10.3. The van der Waals surface area contributed by atoms with Crippen molar-refractivity contribution in [2.75, 3.05) is 25.5 Å². The Morgan fingerprint density at radius 2 is 2.09 bits per heavy atom. The van der Waals surface area contributed by atoms with Crippen LogP contribution in [0.4, 0.5) is 5.69 Å². The fraction of sp³-hybridized carbons (Fsp3) is 0.318. The van der Waals surface area contributed by atoms with E-state index in [9.17, 15) is 13.2 Å². The van der Waals surface area contributed by atoms with Crippen LogP contribution < -0.4 is 10.1 Å². The molecule has 1 saturated heterocycles. The molecule has 2 heterocycles. The number of piperidine rings is 1. The molecule has 1 amide bonds. The zero-order chi connectivity index (χ0) is 23.6. The highest BCUT2D eigenvalue weighted by Crippen LogP contribution is 2.32. The van der Waals surface area contributed by atoms with E-state index < -0.39 is 15.9 Å². The number of benzene rings is 2. The van der Waals surface area contributed by atoms with Gasteiger partial charge < -0.3 is 14.6 Å². The van der Waals surface area contributed by atoms with Crippen molar-refractivity contribution < 1.29 is 22.5 Å². The number of aromatic nitrogens is 2. The lowest BCUT2D eigenvalue weighted by Crippen LogP contribution is -2.43. The first kappa shape index (κ1) is 23.2. The molecule has 9 nitrogen and oxygen atoms in total. The lowest BCUT2D eigenvalue weighted by atomic mass is 9.98. The summed E-state index contributed by atoms with van der Waals surface area (Å²) in [5, 5.41) is 6.77. The molecule has 33 heavy (non-hydrogen) atoms. The zero-order valence-electron chi connectivity index (χ0n) is 18.1. The van der Waals surface area contributed by atoms with E-state index in [4.69, 9.17) is 20.9 Å². The lowest BCUT2D eigenvalue weighted by molar-refractivity contribution is -0.120. The number of carbonyl (C=O) groups excluding carboxylic acids is 1. The third-order valence-corrected chi connectivity index (χ3v) is 7.77. The van der Waals surface area contributed by atoms with Crippen molar-refractivity contribution in [3.63, 3.8) is 0 Å². The first-order valence-corrected chi connectivity index (χ1v) is 12.1. The van der Waals surface area contributed by atoms with Crippen molar-refractivity contribution in [2.45, 2.75) is 24.7 Å². The SMILES string of the molecule is COc1cccc(NC(=O)[C@H]2CCCN(S(=O)(=O)c3cc(-c4noc(C)n4)ccc3Cl)C2)c1. The number of halogens is 1. The predicted molar refractivity (Wildman–Crippen MR) is 123 cm³/mol. The van der Waals surface area contributed by atoms with Crippen molar-refractivity contribution >= 4 is 33.2 Å². The maximum absolute atomic E-state index is 13.4. The third-order valence-electron chi connectivity index (χ3n) is 5.43. The van der Waals surface area contributed by atoms with Gasteiger partial charge in [-0.05, 0) is 43.2 Å². The molecule has 0 bridgehead atoms. The molecule has 1 atom stereocenters. The van der Waals surface area contributed by atoms with Crippen molar-refractivity contribution in [3.05, 3.63) is 53.4 Å². The second-order valence-corrected chi connectivity index (χ2v) is 10.0. The lowest BCUT2D eigenvalue weighted by Gasteiger charge is -2.31. The zero-order valence-corrected chi connectivity index (χ0v) is 19.7. The Bertz CT molecular complexity index is 1280. The number of sulfonamides is 1. The van der Waals surface area contributed by atoms with E-state index in [1.807, 2.05) is 0 Å². The number of nitrogens with zero attached hydrogens (tertiary/aromatic N) is 3. The van der Waals surface area contributed by atoms with Crippen LogP contribution in [-0.2, 0) is 14.8 Å². The van der Waals surface area contributed by atoms with Gasteiger partial charge in [-0.1, -0.05) is 22.8 Å². The average Bonchev–Trinajstić information content (AvgIpc) is 3.25. The topological polar surface area (TPSA) is 115 Å². The Morgan fingerprint density at radius 1 is 1.27 bits per heavy atom. The third kappa shape index (κ3) is 5.02. The van der Waals surface area contributed by atoms with Crippen LogP contribution in [0.5, 0.6) is 5.75 Å². The van der Waals surface area contributed by atoms with Crippen LogP contribution in [0, 0.1) is 12.8 Å². The van der Waals surface area contributed by atoms with E-state index >= 15 is 0 Å². The smallest absolute Gasteiger partial charge is 0.244 e. The van der Waals surface area contributed by atoms with Crippen LogP contribution in [0.2, 0.25) is 5.02 Å². The average molecular weight is 491 g/mol. The summed E-state index contributed by atoms with van der Waals surface area (Å²) >= 11 is 6.27. The number of amides is 1. The summed E-state index contributed by atoms with van der Waals surface area (Å²) in [5.41, 5.74) is 1.06. The van der Waals surface area contributed by atoms with Crippen molar-refractivity contribution in [2.24, 2.45) is 5.92 Å². The molecule has 1 aromatic heterocycles. The fourth-order valence-electron chi connectivity index (χ4n) is 3.72. The van der Waals surface area contributed by atoms with E-state index in [0.29, 0.717) is 42.3 Å². The molecular weight excluding hydrogens is 468 g/mol. The maximum atomic E-state index is 13.4. The van der Waals surface area contributed by atoms with Crippen LogP contribution in [0.15, 0.2) is 51.9 Å². The van der Waals surface area contributed by atoms with Crippen LogP contribution in [-0.4, -0.2) is 49.0 Å². The Labute approximate surface area is 196 Å². The molecule has 0 unspecified atom stereocenters. The monoisotopic (exact) mass is 490 g/mol. The van der Waals surface area contributed by atoms with Gasteiger partial charge in [0.25, 0.3) is 0 Å². The van der Waals surface area contributed by atoms with Crippen LogP contribution in [0.25, 0.3) is 11.4 Å². The highest BCUT2D eigenvalue weighted by atomic mass is 35.5. The van der Waals surface area contributed by atoms with Gasteiger partial charge in [-0.15, -0.1) is 0 Å². The maximum Gasteiger partial charge on any atom is 0.244 e. The summed E-state index contributed by atoms with van der Waals surface area (Å²) in [5.74, 6) is 0.513. The molecule has 0 spiro atoms. The molecule has 11 heteroatoms. The minimum absolute atomic E-state index is 0.0556. The standard InChI is InChI=1S/C22H23ClN4O5S/c1-14-24-21(26-32-14)15-8-9-19(23)20(11-15)33(29,30)27-10-4-5-16(13-27)22(28)25-17-6-3-7-18(12-17)31-2/h3,6-9,11-12,16H,4-5,10,13H2,1-2H3,(H,25,28)/t16-/m0/s1. The molecule has 0 saturated carbocycles. The quantitative estimate of drug-likeness (QED) is 0.559. The molecule has 0 aliphatic carbocycles. The number of rotatable bonds is 6. The second kappa shape index (κ2) is 9.50. The molecule has 1 aliphatic rings. The van der Waals surface area contributed by atoms with Crippen LogP contribution in [0.3, 0.4) is 0 Å². The van der Waals surface area contributed by atoms with E-state index in [2.05, 4.69) is 15.5 Å². The number of ether oxygens (including phenoxy) is 1. The van der Waals surface area contributed by atoms with Crippen LogP contribution >= 0.6 is 11.6 Å². The minimum Gasteiger partial charge on any atom is -0.497 e. The number of carbonyl (C=O) groups is 1. The van der Waals surface area contributed by atoms with Crippen LogP contribution in [0.1, 0.15) is 18.7 Å². The van der Waals surface area contributed by atoms with E-state index in [0.717, 1.165) is 0 Å². The molecule has 1 N–H and O–H groups in total. The van der Waals surface area contributed by atoms with E-state index in [-0.39, 0.29) is 28.2 Å². The van der Waals surface area contributed by atoms with Crippen molar-refractivity contribution in [1.82, 2.24) is 14.4 Å². The summed E-state index contributed by atoms with van der Waals surface area (Å²) in [6.07, 6.45) is 1.13. The highest BCUT2D eigenvalue weighted by Gasteiger charge is 2.34. The largest absolute Gasteiger partial charge is 0.497 e. The van der Waals surface area contributed by atoms with Gasteiger partial charge in [-0.25, -0.2) is 8.42 Å². The van der Waals surface area contributed by atoms with E-state index in [1.54, 1.807) is 44.4 Å². The Hall–Kier alpha value is -2.95. The Morgan fingerprint density at radius 3 is 2.82 bits per heavy atom. The Kier molecular flexibility index (Phi) is 6.68. The molecule has 1 fully saturated rings. The molecule has 2 aromatic carbocycles. The van der Waals surface area contributed by atoms with Gasteiger partial charge in [0.15, 0.2) is 0 Å². The number of aryl methyl sites for hydroxylation is 1. The molecule has 1 aliphatic heterocycles. The van der Waals surface area contributed by atoms with Crippen molar-refractivity contribution in [3.8, 4) is 17.1 Å². The van der Waals surface area contributed by atoms with Crippen molar-refractivity contribution in [1.29, 1.82) is 0 Å². The number of anilines is 1. The van der Waals surface area contributed by atoms with Gasteiger partial charge in [0, 0.05) is 37.3 Å². The number of methoxy groups -OCH3 is 1. The normalized spacial score (nSPS) is 17.0. The van der Waals surface area contributed by atoms with E-state index in [1.165, 1.54) is 16.4 Å². The summed E-state index contributed by atoms with van der Waals surface area (Å²) in [7, 11) is -2.40. The molecule has 0 radical (unpaired) electrons. The molecule has 174 valence electrons. The summed E-state index contributed by atoms with van der Waals surface area (Å²) in [6.45, 7) is 2.00. The minimum atomic E-state index is -3.95. The molecule has 4 rings (SSSR count). The first-order chi connectivity index (χ1) is 15.8.